The van der Waals surface area contributed by atoms with Gasteiger partial charge in [0.05, 0.1) is 0 Å². The van der Waals surface area contributed by atoms with Crippen LogP contribution < -0.4 is 5.32 Å². The Morgan fingerprint density at radius 2 is 2.07 bits per heavy atom. The van der Waals surface area contributed by atoms with Gasteiger partial charge in [0.2, 0.25) is 5.91 Å². The molecule has 1 rings (SSSR count). The standard InChI is InChI=1S/C7H5Cl2N3O3/c8-5-6(9)10-2-11-7(5)12-3(13)1-4(14)15/h2H,1H2,(H,14,15)(H,10,11,12,13). The summed E-state index contributed by atoms with van der Waals surface area (Å²) in [4.78, 5) is 28.4. The molecular formula is C7H5Cl2N3O3. The molecule has 8 heteroatoms. The fraction of sp³-hybridized carbons (Fsp3) is 0.143. The third kappa shape index (κ3) is 3.34. The number of rotatable bonds is 3. The number of anilines is 1. The molecule has 0 fully saturated rings. The third-order valence-corrected chi connectivity index (χ3v) is 2.06. The van der Waals surface area contributed by atoms with Crippen LogP contribution >= 0.6 is 23.2 Å². The molecular weight excluding hydrogens is 245 g/mol. The Hall–Kier alpha value is -1.40. The van der Waals surface area contributed by atoms with E-state index in [2.05, 4.69) is 15.3 Å². The van der Waals surface area contributed by atoms with E-state index >= 15 is 0 Å². The summed E-state index contributed by atoms with van der Waals surface area (Å²) in [7, 11) is 0. The van der Waals surface area contributed by atoms with Crippen molar-refractivity contribution >= 4 is 40.9 Å². The number of carbonyl (C=O) groups is 2. The number of carboxylic acid groups (broad SMARTS) is 1. The zero-order chi connectivity index (χ0) is 11.4. The molecule has 0 spiro atoms. The van der Waals surface area contributed by atoms with Gasteiger partial charge in [0, 0.05) is 0 Å². The molecule has 0 aliphatic rings. The smallest absolute Gasteiger partial charge is 0.312 e. The van der Waals surface area contributed by atoms with Crippen molar-refractivity contribution in [3.05, 3.63) is 16.5 Å². The van der Waals surface area contributed by atoms with Crippen LogP contribution in [0, 0.1) is 0 Å². The minimum absolute atomic E-state index is 0.0112. The van der Waals surface area contributed by atoms with Crippen LogP contribution in [0.2, 0.25) is 10.2 Å². The van der Waals surface area contributed by atoms with Crippen molar-refractivity contribution in [2.45, 2.75) is 6.42 Å². The summed E-state index contributed by atoms with van der Waals surface area (Å²) in [5.41, 5.74) is 0. The van der Waals surface area contributed by atoms with E-state index in [1.807, 2.05) is 0 Å². The second-order valence-electron chi connectivity index (χ2n) is 2.45. The molecule has 0 aliphatic carbocycles. The number of carbonyl (C=O) groups excluding carboxylic acids is 1. The Morgan fingerprint density at radius 1 is 1.40 bits per heavy atom. The number of nitrogens with one attached hydrogen (secondary N) is 1. The van der Waals surface area contributed by atoms with Gasteiger partial charge in [-0.05, 0) is 0 Å². The molecule has 0 saturated heterocycles. The van der Waals surface area contributed by atoms with Gasteiger partial charge in [0.15, 0.2) is 11.0 Å². The highest BCUT2D eigenvalue weighted by atomic mass is 35.5. The highest BCUT2D eigenvalue weighted by Gasteiger charge is 2.12. The number of halogens is 2. The molecule has 6 nitrogen and oxygen atoms in total. The van der Waals surface area contributed by atoms with E-state index in [4.69, 9.17) is 28.3 Å². The summed E-state index contributed by atoms with van der Waals surface area (Å²) in [6.07, 6.45) is 0.433. The molecule has 1 heterocycles. The number of hydrogen-bond donors (Lipinski definition) is 2. The van der Waals surface area contributed by atoms with E-state index in [1.165, 1.54) is 0 Å². The second-order valence-corrected chi connectivity index (χ2v) is 3.18. The molecule has 2 N–H and O–H groups in total. The fourth-order valence-electron chi connectivity index (χ4n) is 0.749. The van der Waals surface area contributed by atoms with Crippen LogP contribution in [0.5, 0.6) is 0 Å². The van der Waals surface area contributed by atoms with E-state index in [9.17, 15) is 9.59 Å². The minimum Gasteiger partial charge on any atom is -0.481 e. The lowest BCUT2D eigenvalue weighted by Crippen LogP contribution is -2.17. The molecule has 0 atom stereocenters. The summed E-state index contributed by atoms with van der Waals surface area (Å²) in [5.74, 6) is -1.99. The van der Waals surface area contributed by atoms with Crippen molar-refractivity contribution in [2.24, 2.45) is 0 Å². The van der Waals surface area contributed by atoms with Gasteiger partial charge in [-0.2, -0.15) is 0 Å². The van der Waals surface area contributed by atoms with E-state index in [0.717, 1.165) is 6.33 Å². The lowest BCUT2D eigenvalue weighted by Gasteiger charge is -2.04. The SMILES string of the molecule is O=C(O)CC(=O)Nc1ncnc(Cl)c1Cl. The highest BCUT2D eigenvalue weighted by molar-refractivity contribution is 6.42. The fourth-order valence-corrected chi connectivity index (χ4v) is 1.03. The van der Waals surface area contributed by atoms with Gasteiger partial charge in [0.1, 0.15) is 17.8 Å². The van der Waals surface area contributed by atoms with Gasteiger partial charge < -0.3 is 10.4 Å². The number of carboxylic acids is 1. The van der Waals surface area contributed by atoms with Gasteiger partial charge in [-0.1, -0.05) is 23.2 Å². The molecule has 1 aromatic rings. The average Bonchev–Trinajstić information content (AvgIpc) is 2.11. The van der Waals surface area contributed by atoms with Crippen LogP contribution in [0.4, 0.5) is 5.82 Å². The first-order valence-corrected chi connectivity index (χ1v) is 4.44. The summed E-state index contributed by atoms with van der Waals surface area (Å²) >= 11 is 11.2. The van der Waals surface area contributed by atoms with Crippen molar-refractivity contribution in [1.82, 2.24) is 9.97 Å². The van der Waals surface area contributed by atoms with Gasteiger partial charge in [-0.25, -0.2) is 9.97 Å². The van der Waals surface area contributed by atoms with E-state index in [-0.39, 0.29) is 16.0 Å². The van der Waals surface area contributed by atoms with Crippen LogP contribution in [0.15, 0.2) is 6.33 Å². The predicted molar refractivity (Wildman–Crippen MR) is 52.9 cm³/mol. The second kappa shape index (κ2) is 4.90. The van der Waals surface area contributed by atoms with E-state index in [1.54, 1.807) is 0 Å². The molecule has 0 radical (unpaired) electrons. The maximum absolute atomic E-state index is 11.0. The quantitative estimate of drug-likeness (QED) is 0.621. The van der Waals surface area contributed by atoms with Gasteiger partial charge >= 0.3 is 5.97 Å². The van der Waals surface area contributed by atoms with Crippen molar-refractivity contribution in [2.75, 3.05) is 5.32 Å². The number of aliphatic carboxylic acids is 1. The van der Waals surface area contributed by atoms with Crippen molar-refractivity contribution in [3.63, 3.8) is 0 Å². The average molecular weight is 250 g/mol. The summed E-state index contributed by atoms with van der Waals surface area (Å²) in [6.45, 7) is 0. The number of aromatic nitrogens is 2. The number of hydrogen-bond acceptors (Lipinski definition) is 4. The topological polar surface area (TPSA) is 92.2 Å². The highest BCUT2D eigenvalue weighted by Crippen LogP contribution is 2.25. The zero-order valence-electron chi connectivity index (χ0n) is 7.20. The van der Waals surface area contributed by atoms with Gasteiger partial charge in [-0.15, -0.1) is 0 Å². The first kappa shape index (κ1) is 11.7. The van der Waals surface area contributed by atoms with Crippen molar-refractivity contribution in [1.29, 1.82) is 0 Å². The maximum atomic E-state index is 11.0. The Balaban J connectivity index is 2.77. The molecule has 80 valence electrons. The number of nitrogens with zero attached hydrogens (tertiary/aromatic N) is 2. The maximum Gasteiger partial charge on any atom is 0.312 e. The minimum atomic E-state index is -1.25. The largest absolute Gasteiger partial charge is 0.481 e. The first-order chi connectivity index (χ1) is 7.00. The monoisotopic (exact) mass is 249 g/mol. The molecule has 0 aliphatic heterocycles. The van der Waals surface area contributed by atoms with Crippen LogP contribution in [0.25, 0.3) is 0 Å². The summed E-state index contributed by atoms with van der Waals surface area (Å²) in [5, 5.41) is 10.5. The molecule has 15 heavy (non-hydrogen) atoms. The molecule has 0 unspecified atom stereocenters. The van der Waals surface area contributed by atoms with Crippen LogP contribution in [0.1, 0.15) is 6.42 Å². The Morgan fingerprint density at radius 3 is 2.67 bits per heavy atom. The van der Waals surface area contributed by atoms with Crippen LogP contribution in [-0.4, -0.2) is 27.0 Å². The molecule has 1 aromatic heterocycles. The van der Waals surface area contributed by atoms with E-state index in [0.29, 0.717) is 0 Å². The number of amides is 1. The lowest BCUT2D eigenvalue weighted by molar-refractivity contribution is -0.139. The normalized spacial score (nSPS) is 9.73. The van der Waals surface area contributed by atoms with Gasteiger partial charge in [0.25, 0.3) is 0 Å². The van der Waals surface area contributed by atoms with Crippen LogP contribution in [-0.2, 0) is 9.59 Å². The predicted octanol–water partition coefficient (Wildman–Crippen LogP) is 1.20. The first-order valence-electron chi connectivity index (χ1n) is 3.68. The molecule has 0 bridgehead atoms. The summed E-state index contributed by atoms with van der Waals surface area (Å²) < 4.78 is 0. The van der Waals surface area contributed by atoms with E-state index < -0.39 is 18.3 Å². The molecule has 0 saturated carbocycles. The van der Waals surface area contributed by atoms with Gasteiger partial charge in [-0.3, -0.25) is 9.59 Å². The van der Waals surface area contributed by atoms with Crippen LogP contribution in [0.3, 0.4) is 0 Å². The van der Waals surface area contributed by atoms with Crippen molar-refractivity contribution < 1.29 is 14.7 Å². The Bertz CT molecular complexity index is 410. The lowest BCUT2D eigenvalue weighted by atomic mass is 10.4. The molecule has 1 amide bonds. The Kier molecular flexibility index (Phi) is 3.81. The summed E-state index contributed by atoms with van der Waals surface area (Å²) in [6, 6.07) is 0. The third-order valence-electron chi connectivity index (χ3n) is 1.32. The molecule has 0 aromatic carbocycles. The van der Waals surface area contributed by atoms with Crippen molar-refractivity contribution in [3.8, 4) is 0 Å². The zero-order valence-corrected chi connectivity index (χ0v) is 8.71. The Labute approximate surface area is 94.2 Å².